The molecule has 0 saturated carbocycles. The van der Waals surface area contributed by atoms with Gasteiger partial charge in [-0.2, -0.15) is 0 Å². The van der Waals surface area contributed by atoms with Gasteiger partial charge in [0.2, 0.25) is 5.91 Å². The van der Waals surface area contributed by atoms with Crippen molar-refractivity contribution < 1.29 is 9.59 Å². The number of hydrogen-bond acceptors (Lipinski definition) is 6. The first kappa shape index (κ1) is 17.2. The second-order valence-electron chi connectivity index (χ2n) is 4.93. The van der Waals surface area contributed by atoms with Gasteiger partial charge in [-0.15, -0.1) is 0 Å². The minimum Gasteiger partial charge on any atom is -0.382 e. The van der Waals surface area contributed by atoms with Crippen LogP contribution in [0.4, 0.5) is 10.9 Å². The lowest BCUT2D eigenvalue weighted by molar-refractivity contribution is -0.128. The van der Waals surface area contributed by atoms with Gasteiger partial charge >= 0.3 is 0 Å². The molecular formula is C13H23N5O2S. The van der Waals surface area contributed by atoms with Crippen LogP contribution in [0.3, 0.4) is 0 Å². The van der Waals surface area contributed by atoms with E-state index in [4.69, 9.17) is 5.73 Å². The number of nitrogen functional groups attached to an aromatic ring is 1. The van der Waals surface area contributed by atoms with E-state index in [0.717, 1.165) is 18.1 Å². The number of aromatic nitrogens is 1. The number of rotatable bonds is 7. The standard InChI is InChI=1S/C13H23N5O2S/c1-5-8-18(4)13-16-11(14)10(21-13)12(20)15-7-6-9(19)17(2)3/h5-8,14H2,1-4H3,(H,15,20). The van der Waals surface area contributed by atoms with E-state index in [1.54, 1.807) is 14.1 Å². The van der Waals surface area contributed by atoms with Gasteiger partial charge in [0.1, 0.15) is 10.7 Å². The normalized spacial score (nSPS) is 10.3. The van der Waals surface area contributed by atoms with Gasteiger partial charge in [0, 0.05) is 40.7 Å². The molecule has 1 aromatic rings. The quantitative estimate of drug-likeness (QED) is 0.776. The number of nitrogens with two attached hydrogens (primary N) is 1. The van der Waals surface area contributed by atoms with Gasteiger partial charge in [0.15, 0.2) is 5.13 Å². The van der Waals surface area contributed by atoms with Crippen molar-refractivity contribution in [1.29, 1.82) is 0 Å². The third-order valence-electron chi connectivity index (χ3n) is 2.86. The molecule has 0 fully saturated rings. The van der Waals surface area contributed by atoms with Crippen molar-refractivity contribution in [2.45, 2.75) is 19.8 Å². The van der Waals surface area contributed by atoms with Crippen molar-refractivity contribution in [3.63, 3.8) is 0 Å². The molecule has 0 aliphatic rings. The van der Waals surface area contributed by atoms with Gasteiger partial charge in [-0.1, -0.05) is 18.3 Å². The zero-order chi connectivity index (χ0) is 16.0. The lowest BCUT2D eigenvalue weighted by atomic mass is 10.3. The first-order valence-corrected chi connectivity index (χ1v) is 7.64. The number of nitrogens with zero attached hydrogens (tertiary/aromatic N) is 3. The molecule has 2 amide bonds. The number of anilines is 2. The van der Waals surface area contributed by atoms with Crippen LogP contribution in [0.15, 0.2) is 0 Å². The first-order chi connectivity index (χ1) is 9.86. The van der Waals surface area contributed by atoms with E-state index in [2.05, 4.69) is 17.2 Å². The van der Waals surface area contributed by atoms with Gasteiger partial charge in [-0.25, -0.2) is 4.98 Å². The van der Waals surface area contributed by atoms with Crippen LogP contribution in [0.1, 0.15) is 29.4 Å². The van der Waals surface area contributed by atoms with Crippen LogP contribution >= 0.6 is 11.3 Å². The molecule has 0 atom stereocenters. The smallest absolute Gasteiger partial charge is 0.265 e. The molecule has 118 valence electrons. The summed E-state index contributed by atoms with van der Waals surface area (Å²) in [5, 5.41) is 3.42. The maximum absolute atomic E-state index is 12.0. The predicted octanol–water partition coefficient (Wildman–Crippen LogP) is 0.780. The highest BCUT2D eigenvalue weighted by atomic mass is 32.1. The summed E-state index contributed by atoms with van der Waals surface area (Å²) in [4.78, 5) is 31.5. The molecular weight excluding hydrogens is 290 g/mol. The summed E-state index contributed by atoms with van der Waals surface area (Å²) in [5.41, 5.74) is 5.79. The van der Waals surface area contributed by atoms with Gasteiger partial charge in [0.05, 0.1) is 0 Å². The van der Waals surface area contributed by atoms with E-state index >= 15 is 0 Å². The van der Waals surface area contributed by atoms with Crippen molar-refractivity contribution in [2.24, 2.45) is 0 Å². The van der Waals surface area contributed by atoms with Gasteiger partial charge < -0.3 is 20.9 Å². The van der Waals surface area contributed by atoms with E-state index in [9.17, 15) is 9.59 Å². The van der Waals surface area contributed by atoms with E-state index in [1.165, 1.54) is 16.2 Å². The molecule has 1 rings (SSSR count). The molecule has 1 heterocycles. The molecule has 0 saturated heterocycles. The molecule has 0 aromatic carbocycles. The number of carbonyl (C=O) groups excluding carboxylic acids is 2. The van der Waals surface area contributed by atoms with E-state index in [-0.39, 0.29) is 30.6 Å². The van der Waals surface area contributed by atoms with Gasteiger partial charge in [0.25, 0.3) is 5.91 Å². The Morgan fingerprint density at radius 3 is 2.57 bits per heavy atom. The summed E-state index contributed by atoms with van der Waals surface area (Å²) >= 11 is 1.26. The monoisotopic (exact) mass is 313 g/mol. The second-order valence-corrected chi connectivity index (χ2v) is 5.90. The van der Waals surface area contributed by atoms with Crippen LogP contribution < -0.4 is 16.0 Å². The number of carbonyl (C=O) groups is 2. The molecule has 0 aliphatic carbocycles. The Balaban J connectivity index is 2.60. The summed E-state index contributed by atoms with van der Waals surface area (Å²) in [6.45, 7) is 3.21. The summed E-state index contributed by atoms with van der Waals surface area (Å²) < 4.78 is 0. The molecule has 21 heavy (non-hydrogen) atoms. The Labute approximate surface area is 129 Å². The number of amides is 2. The lowest BCUT2D eigenvalue weighted by Gasteiger charge is -2.13. The topological polar surface area (TPSA) is 91.6 Å². The molecule has 0 aliphatic heterocycles. The minimum atomic E-state index is -0.285. The van der Waals surface area contributed by atoms with Gasteiger partial charge in [-0.3, -0.25) is 9.59 Å². The van der Waals surface area contributed by atoms with Crippen LogP contribution in [0, 0.1) is 0 Å². The largest absolute Gasteiger partial charge is 0.382 e. The summed E-state index contributed by atoms with van der Waals surface area (Å²) in [6.07, 6.45) is 1.25. The molecule has 3 N–H and O–H groups in total. The summed E-state index contributed by atoms with van der Waals surface area (Å²) in [7, 11) is 5.28. The highest BCUT2D eigenvalue weighted by molar-refractivity contribution is 7.18. The van der Waals surface area contributed by atoms with Crippen molar-refractivity contribution in [1.82, 2.24) is 15.2 Å². The summed E-state index contributed by atoms with van der Waals surface area (Å²) in [5.74, 6) is -0.0851. The second kappa shape index (κ2) is 7.82. The highest BCUT2D eigenvalue weighted by Crippen LogP contribution is 2.27. The van der Waals surface area contributed by atoms with Crippen LogP contribution in [0.5, 0.6) is 0 Å². The minimum absolute atomic E-state index is 0.0315. The van der Waals surface area contributed by atoms with Crippen LogP contribution in [-0.2, 0) is 4.79 Å². The molecule has 0 unspecified atom stereocenters. The SMILES string of the molecule is CCCN(C)c1nc(N)c(C(=O)NCCC(=O)N(C)C)s1. The van der Waals surface area contributed by atoms with Crippen molar-refractivity contribution in [3.05, 3.63) is 4.88 Å². The number of hydrogen-bond donors (Lipinski definition) is 2. The molecule has 1 aromatic heterocycles. The van der Waals surface area contributed by atoms with Crippen molar-refractivity contribution >= 4 is 34.1 Å². The maximum atomic E-state index is 12.0. The molecule has 0 spiro atoms. The number of nitrogens with one attached hydrogen (secondary N) is 1. The fourth-order valence-corrected chi connectivity index (χ4v) is 2.55. The average molecular weight is 313 g/mol. The fraction of sp³-hybridized carbons (Fsp3) is 0.615. The first-order valence-electron chi connectivity index (χ1n) is 6.82. The average Bonchev–Trinajstić information content (AvgIpc) is 2.80. The molecule has 7 nitrogen and oxygen atoms in total. The summed E-state index contributed by atoms with van der Waals surface area (Å²) in [6, 6.07) is 0. The molecule has 0 radical (unpaired) electrons. The Hall–Kier alpha value is -1.83. The Kier molecular flexibility index (Phi) is 6.41. The van der Waals surface area contributed by atoms with Crippen LogP contribution in [0.2, 0.25) is 0 Å². The van der Waals surface area contributed by atoms with Crippen LogP contribution in [0.25, 0.3) is 0 Å². The maximum Gasteiger partial charge on any atom is 0.265 e. The number of thiazole rings is 1. The van der Waals surface area contributed by atoms with E-state index in [0.29, 0.717) is 4.88 Å². The van der Waals surface area contributed by atoms with E-state index < -0.39 is 0 Å². The molecule has 8 heteroatoms. The third-order valence-corrected chi connectivity index (χ3v) is 4.04. The zero-order valence-corrected chi connectivity index (χ0v) is 13.8. The Bertz CT molecular complexity index is 501. The van der Waals surface area contributed by atoms with Crippen LogP contribution in [-0.4, -0.2) is 55.9 Å². The highest BCUT2D eigenvalue weighted by Gasteiger charge is 2.18. The lowest BCUT2D eigenvalue weighted by Crippen LogP contribution is -2.30. The zero-order valence-electron chi connectivity index (χ0n) is 13.0. The predicted molar refractivity (Wildman–Crippen MR) is 85.7 cm³/mol. The van der Waals surface area contributed by atoms with E-state index in [1.807, 2.05) is 11.9 Å². The van der Waals surface area contributed by atoms with Crippen molar-refractivity contribution in [3.8, 4) is 0 Å². The molecule has 0 bridgehead atoms. The Morgan fingerprint density at radius 1 is 1.33 bits per heavy atom. The van der Waals surface area contributed by atoms with Gasteiger partial charge in [-0.05, 0) is 6.42 Å². The third kappa shape index (κ3) is 4.89. The Morgan fingerprint density at radius 2 is 2.00 bits per heavy atom. The van der Waals surface area contributed by atoms with Crippen molar-refractivity contribution in [2.75, 3.05) is 44.9 Å². The fourth-order valence-electron chi connectivity index (χ4n) is 1.66.